The number of rotatable bonds is 3. The third-order valence-electron chi connectivity index (χ3n) is 4.65. The van der Waals surface area contributed by atoms with Gasteiger partial charge in [-0.25, -0.2) is 0 Å². The molecule has 1 saturated heterocycles. The molecule has 2 fully saturated rings. The van der Waals surface area contributed by atoms with Crippen LogP contribution in [0.1, 0.15) is 6.42 Å². The molecule has 0 unspecified atom stereocenters. The first-order chi connectivity index (χ1) is 11.9. The first kappa shape index (κ1) is 18.0. The fourth-order valence-electron chi connectivity index (χ4n) is 3.51. The number of nitrogens with one attached hydrogen (secondary N) is 2. The lowest BCUT2D eigenvalue weighted by atomic mass is 9.77. The molecule has 132 valence electrons. The summed E-state index contributed by atoms with van der Waals surface area (Å²) >= 11 is 11.4. The van der Waals surface area contributed by atoms with Crippen molar-refractivity contribution >= 4 is 40.5 Å². The number of carbonyl (C=O) groups excluding carboxylic acids is 1. The third-order valence-corrected chi connectivity index (χ3v) is 5.22. The molecular weight excluding hydrogens is 362 g/mol. The van der Waals surface area contributed by atoms with Gasteiger partial charge >= 0.3 is 0 Å². The summed E-state index contributed by atoms with van der Waals surface area (Å²) in [5.41, 5.74) is 0.757. The van der Waals surface area contributed by atoms with Crippen molar-refractivity contribution in [3.05, 3.63) is 29.3 Å². The molecule has 1 aliphatic carbocycles. The van der Waals surface area contributed by atoms with E-state index < -0.39 is 30.2 Å². The minimum atomic E-state index is -1.03. The smallest absolute Gasteiger partial charge is 0.226 e. The lowest BCUT2D eigenvalue weighted by Crippen LogP contribution is -2.61. The molecule has 8 heteroatoms. The van der Waals surface area contributed by atoms with E-state index in [0.29, 0.717) is 10.1 Å². The molecule has 6 nitrogen and oxygen atoms in total. The van der Waals surface area contributed by atoms with Gasteiger partial charge in [-0.3, -0.25) is 4.79 Å². The maximum absolute atomic E-state index is 12.6. The van der Waals surface area contributed by atoms with Crippen molar-refractivity contribution in [2.45, 2.75) is 30.7 Å². The monoisotopic (exact) mass is 379 g/mol. The Morgan fingerprint density at radius 3 is 2.76 bits per heavy atom. The number of hydrogen-bond acceptors (Lipinski definition) is 4. The Morgan fingerprint density at radius 1 is 1.44 bits per heavy atom. The molecular formula is C17H18ClN3O3S. The van der Waals surface area contributed by atoms with Crippen LogP contribution in [-0.2, 0) is 4.79 Å². The summed E-state index contributed by atoms with van der Waals surface area (Å²) in [5, 5.41) is 27.2. The van der Waals surface area contributed by atoms with Crippen LogP contribution in [0.2, 0.25) is 5.02 Å². The minimum Gasteiger partial charge on any atom is -0.390 e. The summed E-state index contributed by atoms with van der Waals surface area (Å²) in [5.74, 6) is 1.51. The number of aliphatic hydroxyl groups is 2. The highest BCUT2D eigenvalue weighted by Crippen LogP contribution is 2.36. The number of hydrogen-bond donors (Lipinski definition) is 4. The molecule has 2 aliphatic rings. The predicted molar refractivity (Wildman–Crippen MR) is 99.2 cm³/mol. The van der Waals surface area contributed by atoms with Gasteiger partial charge in [-0.1, -0.05) is 17.5 Å². The topological polar surface area (TPSA) is 84.8 Å². The van der Waals surface area contributed by atoms with Crippen LogP contribution in [0.5, 0.6) is 0 Å². The SMILES string of the molecule is C#CCNC(=O)[C@@H]1C[C@@H](O)[C@H](O)[C@@H]2NC(=S)N(c3ccc(Cl)cc3)[C@@H]21. The number of thiocarbonyl (C=S) groups is 1. The van der Waals surface area contributed by atoms with Crippen LogP contribution in [0.4, 0.5) is 5.69 Å². The third kappa shape index (κ3) is 3.31. The van der Waals surface area contributed by atoms with Gasteiger partial charge in [0, 0.05) is 10.7 Å². The quantitative estimate of drug-likeness (QED) is 0.445. The normalized spacial score (nSPS) is 31.0. The number of aliphatic hydroxyl groups excluding tert-OH is 2. The summed E-state index contributed by atoms with van der Waals surface area (Å²) in [6.07, 6.45) is 3.27. The van der Waals surface area contributed by atoms with Crippen molar-refractivity contribution in [1.82, 2.24) is 10.6 Å². The summed E-state index contributed by atoms with van der Waals surface area (Å²) in [6.45, 7) is 0.101. The average Bonchev–Trinajstić information content (AvgIpc) is 2.94. The minimum absolute atomic E-state index is 0.101. The van der Waals surface area contributed by atoms with E-state index in [2.05, 4.69) is 16.6 Å². The van der Waals surface area contributed by atoms with Crippen molar-refractivity contribution in [3.63, 3.8) is 0 Å². The number of fused-ring (bicyclic) bond motifs is 1. The largest absolute Gasteiger partial charge is 0.390 e. The van der Waals surface area contributed by atoms with Crippen molar-refractivity contribution in [2.75, 3.05) is 11.4 Å². The van der Waals surface area contributed by atoms with Crippen LogP contribution in [0.25, 0.3) is 0 Å². The lowest BCUT2D eigenvalue weighted by Gasteiger charge is -2.41. The fraction of sp³-hybridized carbons (Fsp3) is 0.412. The average molecular weight is 380 g/mol. The molecule has 1 aromatic carbocycles. The Labute approximate surface area is 156 Å². The second-order valence-electron chi connectivity index (χ2n) is 6.13. The summed E-state index contributed by atoms with van der Waals surface area (Å²) < 4.78 is 0. The molecule has 1 saturated carbocycles. The maximum atomic E-state index is 12.6. The molecule has 0 bridgehead atoms. The zero-order valence-electron chi connectivity index (χ0n) is 13.2. The standard InChI is InChI=1S/C17H18ClN3O3S/c1-2-7-19-16(24)11-8-12(22)15(23)13-14(11)21(17(25)20-13)10-5-3-9(18)4-6-10/h1,3-6,11-15,22-23H,7-8H2,(H,19,24)(H,20,25)/t11-,12-,13-,14-,15+/m1/s1. The molecule has 0 aromatic heterocycles. The molecule has 1 heterocycles. The number of carbonyl (C=O) groups is 1. The Kier molecular flexibility index (Phi) is 5.16. The van der Waals surface area contributed by atoms with Crippen LogP contribution in [0.3, 0.4) is 0 Å². The van der Waals surface area contributed by atoms with Gasteiger partial charge in [-0.05, 0) is 42.9 Å². The Morgan fingerprint density at radius 2 is 2.12 bits per heavy atom. The first-order valence-electron chi connectivity index (χ1n) is 7.86. The Balaban J connectivity index is 1.96. The van der Waals surface area contributed by atoms with E-state index >= 15 is 0 Å². The van der Waals surface area contributed by atoms with E-state index in [0.717, 1.165) is 5.69 Å². The maximum Gasteiger partial charge on any atom is 0.226 e. The second-order valence-corrected chi connectivity index (χ2v) is 6.96. The number of halogens is 1. The number of anilines is 1. The Bertz CT molecular complexity index is 721. The molecule has 1 amide bonds. The summed E-state index contributed by atoms with van der Waals surface area (Å²) in [4.78, 5) is 14.4. The van der Waals surface area contributed by atoms with Crippen molar-refractivity contribution < 1.29 is 15.0 Å². The highest BCUT2D eigenvalue weighted by atomic mass is 35.5. The van der Waals surface area contributed by atoms with E-state index in [4.69, 9.17) is 30.2 Å². The van der Waals surface area contributed by atoms with Gasteiger partial charge in [0.25, 0.3) is 0 Å². The van der Waals surface area contributed by atoms with Crippen LogP contribution >= 0.6 is 23.8 Å². The van der Waals surface area contributed by atoms with E-state index in [1.54, 1.807) is 29.2 Å². The first-order valence-corrected chi connectivity index (χ1v) is 8.65. The lowest BCUT2D eigenvalue weighted by molar-refractivity contribution is -0.130. The van der Waals surface area contributed by atoms with Crippen molar-refractivity contribution in [2.24, 2.45) is 5.92 Å². The van der Waals surface area contributed by atoms with Gasteiger partial charge in [0.1, 0.15) is 6.10 Å². The summed E-state index contributed by atoms with van der Waals surface area (Å²) in [6, 6.07) is 6.06. The molecule has 3 rings (SSSR count). The van der Waals surface area contributed by atoms with Gasteiger partial charge in [0.15, 0.2) is 5.11 Å². The molecule has 4 N–H and O–H groups in total. The highest BCUT2D eigenvalue weighted by molar-refractivity contribution is 7.80. The molecule has 1 aliphatic heterocycles. The molecule has 1 aromatic rings. The van der Waals surface area contributed by atoms with Crippen molar-refractivity contribution in [1.29, 1.82) is 0 Å². The van der Waals surface area contributed by atoms with Crippen LogP contribution in [0, 0.1) is 18.3 Å². The Hall–Kier alpha value is -1.85. The number of benzene rings is 1. The predicted octanol–water partition coefficient (Wildman–Crippen LogP) is 0.263. The van der Waals surface area contributed by atoms with Crippen LogP contribution in [-0.4, -0.2) is 52.1 Å². The molecule has 0 spiro atoms. The number of amides is 1. The van der Waals surface area contributed by atoms with Gasteiger partial charge < -0.3 is 25.7 Å². The molecule has 5 atom stereocenters. The number of nitrogens with zero attached hydrogens (tertiary/aromatic N) is 1. The zero-order chi connectivity index (χ0) is 18.1. The van der Waals surface area contributed by atoms with Crippen molar-refractivity contribution in [3.8, 4) is 12.3 Å². The van der Waals surface area contributed by atoms with Gasteiger partial charge in [-0.15, -0.1) is 6.42 Å². The van der Waals surface area contributed by atoms with Gasteiger partial charge in [0.2, 0.25) is 5.91 Å². The second kappa shape index (κ2) is 7.18. The fourth-order valence-corrected chi connectivity index (χ4v) is 4.00. The van der Waals surface area contributed by atoms with E-state index in [9.17, 15) is 15.0 Å². The van der Waals surface area contributed by atoms with E-state index in [1.807, 2.05) is 0 Å². The van der Waals surface area contributed by atoms with E-state index in [-0.39, 0.29) is 18.9 Å². The number of terminal acetylenes is 1. The zero-order valence-corrected chi connectivity index (χ0v) is 14.8. The summed E-state index contributed by atoms with van der Waals surface area (Å²) in [7, 11) is 0. The molecule has 0 radical (unpaired) electrons. The highest BCUT2D eigenvalue weighted by Gasteiger charge is 2.53. The van der Waals surface area contributed by atoms with E-state index in [1.165, 1.54) is 0 Å². The molecule has 25 heavy (non-hydrogen) atoms. The van der Waals surface area contributed by atoms with Crippen LogP contribution < -0.4 is 15.5 Å². The van der Waals surface area contributed by atoms with Gasteiger partial charge in [0.05, 0.1) is 30.7 Å². The van der Waals surface area contributed by atoms with Gasteiger partial charge in [-0.2, -0.15) is 0 Å². The van der Waals surface area contributed by atoms with Crippen LogP contribution in [0.15, 0.2) is 24.3 Å².